The van der Waals surface area contributed by atoms with Gasteiger partial charge < -0.3 is 0 Å². The van der Waals surface area contributed by atoms with E-state index in [0.29, 0.717) is 16.6 Å². The highest BCUT2D eigenvalue weighted by molar-refractivity contribution is 7.91. The van der Waals surface area contributed by atoms with E-state index >= 15 is 0 Å². The molecule has 1 aromatic rings. The Hall–Kier alpha value is -0.100. The first-order valence-electron chi connectivity index (χ1n) is 6.76. The Kier molecular flexibility index (Phi) is 5.29. The molecular weight excluding hydrogens is 302 g/mol. The van der Waals surface area contributed by atoms with Crippen LogP contribution >= 0.6 is 22.9 Å². The Morgan fingerprint density at radius 1 is 1.37 bits per heavy atom. The fourth-order valence-electron chi connectivity index (χ4n) is 2.42. The summed E-state index contributed by atoms with van der Waals surface area (Å²) in [6, 6.07) is 3.58. The van der Waals surface area contributed by atoms with Crippen molar-refractivity contribution < 1.29 is 8.42 Å². The van der Waals surface area contributed by atoms with Crippen LogP contribution in [0.5, 0.6) is 0 Å². The number of thiophene rings is 1. The number of hydrogen-bond donors (Lipinski definition) is 0. The molecule has 0 aliphatic carbocycles. The molecule has 0 aromatic carbocycles. The van der Waals surface area contributed by atoms with Crippen molar-refractivity contribution in [2.75, 3.05) is 12.4 Å². The molecule has 19 heavy (non-hydrogen) atoms. The van der Waals surface area contributed by atoms with Crippen molar-refractivity contribution in [3.05, 3.63) is 17.0 Å². The predicted molar refractivity (Wildman–Crippen MR) is 80.6 cm³/mol. The molecule has 1 aliphatic rings. The normalized spacial score (nSPS) is 22.3. The van der Waals surface area contributed by atoms with Crippen LogP contribution in [-0.4, -0.2) is 31.2 Å². The summed E-state index contributed by atoms with van der Waals surface area (Å²) >= 11 is 7.35. The third kappa shape index (κ3) is 3.32. The molecule has 1 unspecified atom stereocenters. The summed E-state index contributed by atoms with van der Waals surface area (Å²) < 4.78 is 27.5. The van der Waals surface area contributed by atoms with Gasteiger partial charge >= 0.3 is 0 Å². The van der Waals surface area contributed by atoms with Crippen molar-refractivity contribution in [3.63, 3.8) is 0 Å². The summed E-state index contributed by atoms with van der Waals surface area (Å²) in [4.78, 5) is 1.11. The van der Waals surface area contributed by atoms with Gasteiger partial charge in [-0.3, -0.25) is 0 Å². The minimum Gasteiger partial charge on any atom is -0.206 e. The van der Waals surface area contributed by atoms with Crippen molar-refractivity contribution in [2.24, 2.45) is 0 Å². The predicted octanol–water partition coefficient (Wildman–Crippen LogP) is 3.48. The highest BCUT2D eigenvalue weighted by Gasteiger charge is 2.32. The van der Waals surface area contributed by atoms with Crippen molar-refractivity contribution >= 4 is 33.0 Å². The standard InChI is InChI=1S/C13H20ClNO2S2/c1-2-12-7-8-13(18-12)19(16,17)15-9-5-3-4-6-11(15)10-14/h7-8,11H,2-6,9-10H2,1H3. The maximum atomic E-state index is 12.7. The lowest BCUT2D eigenvalue weighted by Gasteiger charge is -2.26. The van der Waals surface area contributed by atoms with Gasteiger partial charge in [0.05, 0.1) is 0 Å². The maximum absolute atomic E-state index is 12.7. The van der Waals surface area contributed by atoms with Gasteiger partial charge in [-0.05, 0) is 31.4 Å². The average molecular weight is 322 g/mol. The number of halogens is 1. The Labute approximate surface area is 124 Å². The Bertz CT molecular complexity index is 512. The van der Waals surface area contributed by atoms with Crippen LogP contribution in [0, 0.1) is 0 Å². The molecule has 0 bridgehead atoms. The Morgan fingerprint density at radius 3 is 2.79 bits per heavy atom. The molecule has 0 spiro atoms. The summed E-state index contributed by atoms with van der Waals surface area (Å²) in [5.41, 5.74) is 0. The van der Waals surface area contributed by atoms with Gasteiger partial charge in [-0.2, -0.15) is 4.31 Å². The molecule has 1 fully saturated rings. The minimum absolute atomic E-state index is 0.0543. The molecule has 1 atom stereocenters. The zero-order chi connectivity index (χ0) is 13.9. The van der Waals surface area contributed by atoms with Gasteiger partial charge in [0.1, 0.15) is 4.21 Å². The van der Waals surface area contributed by atoms with Gasteiger partial charge in [-0.25, -0.2) is 8.42 Å². The first kappa shape index (κ1) is 15.3. The third-order valence-electron chi connectivity index (χ3n) is 3.55. The second kappa shape index (κ2) is 6.57. The fraction of sp³-hybridized carbons (Fsp3) is 0.692. The van der Waals surface area contributed by atoms with Crippen LogP contribution in [0.15, 0.2) is 16.3 Å². The molecule has 0 amide bonds. The number of rotatable bonds is 4. The molecule has 0 saturated carbocycles. The second-order valence-electron chi connectivity index (χ2n) is 4.85. The number of aryl methyl sites for hydroxylation is 1. The van der Waals surface area contributed by atoms with Gasteiger partial charge in [0.25, 0.3) is 10.0 Å². The quantitative estimate of drug-likeness (QED) is 0.796. The van der Waals surface area contributed by atoms with E-state index < -0.39 is 10.0 Å². The molecule has 1 saturated heterocycles. The Morgan fingerprint density at radius 2 is 2.16 bits per heavy atom. The molecule has 6 heteroatoms. The lowest BCUT2D eigenvalue weighted by molar-refractivity contribution is 0.346. The number of hydrogen-bond acceptors (Lipinski definition) is 3. The molecule has 1 aromatic heterocycles. The SMILES string of the molecule is CCc1ccc(S(=O)(=O)N2CCCCCC2CCl)s1. The monoisotopic (exact) mass is 321 g/mol. The highest BCUT2D eigenvalue weighted by atomic mass is 35.5. The lowest BCUT2D eigenvalue weighted by Crippen LogP contribution is -2.40. The van der Waals surface area contributed by atoms with Crippen LogP contribution in [0.1, 0.15) is 37.5 Å². The van der Waals surface area contributed by atoms with Crippen molar-refractivity contribution in [1.82, 2.24) is 4.31 Å². The van der Waals surface area contributed by atoms with Crippen LogP contribution < -0.4 is 0 Å². The molecular formula is C13H20ClNO2S2. The number of nitrogens with zero attached hydrogens (tertiary/aromatic N) is 1. The van der Waals surface area contributed by atoms with Gasteiger partial charge in [-0.15, -0.1) is 22.9 Å². The van der Waals surface area contributed by atoms with Gasteiger partial charge in [0.15, 0.2) is 0 Å². The zero-order valence-electron chi connectivity index (χ0n) is 11.1. The molecule has 0 radical (unpaired) electrons. The maximum Gasteiger partial charge on any atom is 0.252 e. The van der Waals surface area contributed by atoms with E-state index in [0.717, 1.165) is 37.0 Å². The van der Waals surface area contributed by atoms with Crippen LogP contribution in [0.3, 0.4) is 0 Å². The fourth-order valence-corrected chi connectivity index (χ4v) is 5.94. The lowest BCUT2D eigenvalue weighted by atomic mass is 10.1. The van der Waals surface area contributed by atoms with Gasteiger partial charge in [0.2, 0.25) is 0 Å². The number of alkyl halides is 1. The molecule has 0 N–H and O–H groups in total. The molecule has 108 valence electrons. The van der Waals surface area contributed by atoms with Gasteiger partial charge in [-0.1, -0.05) is 19.8 Å². The summed E-state index contributed by atoms with van der Waals surface area (Å²) in [5.74, 6) is 0.380. The van der Waals surface area contributed by atoms with Crippen LogP contribution in [0.2, 0.25) is 0 Å². The van der Waals surface area contributed by atoms with E-state index in [2.05, 4.69) is 0 Å². The third-order valence-corrected chi connectivity index (χ3v) is 7.55. The summed E-state index contributed by atoms with van der Waals surface area (Å²) in [6.07, 6.45) is 4.82. The van der Waals surface area contributed by atoms with E-state index in [9.17, 15) is 8.42 Å². The first-order chi connectivity index (χ1) is 9.09. The average Bonchev–Trinajstić information content (AvgIpc) is 2.76. The van der Waals surface area contributed by atoms with Crippen molar-refractivity contribution in [3.8, 4) is 0 Å². The summed E-state index contributed by atoms with van der Waals surface area (Å²) in [6.45, 7) is 2.63. The van der Waals surface area contributed by atoms with E-state index in [-0.39, 0.29) is 6.04 Å². The van der Waals surface area contributed by atoms with E-state index in [1.807, 2.05) is 13.0 Å². The zero-order valence-corrected chi connectivity index (χ0v) is 13.5. The second-order valence-corrected chi connectivity index (χ2v) is 8.44. The highest BCUT2D eigenvalue weighted by Crippen LogP contribution is 2.29. The molecule has 1 aliphatic heterocycles. The van der Waals surface area contributed by atoms with Crippen LogP contribution in [-0.2, 0) is 16.4 Å². The van der Waals surface area contributed by atoms with Gasteiger partial charge in [0, 0.05) is 23.3 Å². The van der Waals surface area contributed by atoms with E-state index in [1.54, 1.807) is 10.4 Å². The number of sulfonamides is 1. The van der Waals surface area contributed by atoms with Crippen LogP contribution in [0.25, 0.3) is 0 Å². The smallest absolute Gasteiger partial charge is 0.206 e. The molecule has 2 heterocycles. The van der Waals surface area contributed by atoms with E-state index in [4.69, 9.17) is 11.6 Å². The summed E-state index contributed by atoms with van der Waals surface area (Å²) in [5, 5.41) is 0. The summed E-state index contributed by atoms with van der Waals surface area (Å²) in [7, 11) is -3.37. The first-order valence-corrected chi connectivity index (χ1v) is 9.55. The van der Waals surface area contributed by atoms with Crippen LogP contribution in [0.4, 0.5) is 0 Å². The van der Waals surface area contributed by atoms with Crippen molar-refractivity contribution in [1.29, 1.82) is 0 Å². The molecule has 3 nitrogen and oxygen atoms in total. The van der Waals surface area contributed by atoms with E-state index in [1.165, 1.54) is 11.3 Å². The minimum atomic E-state index is -3.37. The Balaban J connectivity index is 2.30. The van der Waals surface area contributed by atoms with Crippen molar-refractivity contribution in [2.45, 2.75) is 49.3 Å². The topological polar surface area (TPSA) is 37.4 Å². The molecule has 2 rings (SSSR count). The largest absolute Gasteiger partial charge is 0.252 e.